The lowest BCUT2D eigenvalue weighted by Gasteiger charge is -2.04. The first-order valence-electron chi connectivity index (χ1n) is 5.11. The summed E-state index contributed by atoms with van der Waals surface area (Å²) in [5.41, 5.74) is 5.53. The third-order valence-corrected chi connectivity index (χ3v) is 2.06. The second-order valence-corrected chi connectivity index (χ2v) is 3.25. The van der Waals surface area contributed by atoms with Crippen LogP contribution in [0.15, 0.2) is 23.2 Å². The maximum absolute atomic E-state index is 13.2. The summed E-state index contributed by atoms with van der Waals surface area (Å²) >= 11 is 0. The van der Waals surface area contributed by atoms with Crippen molar-refractivity contribution in [3.63, 3.8) is 0 Å². The highest BCUT2D eigenvalue weighted by molar-refractivity contribution is 5.77. The van der Waals surface area contributed by atoms with Crippen molar-refractivity contribution in [2.24, 2.45) is 10.7 Å². The molecule has 1 rings (SSSR count). The summed E-state index contributed by atoms with van der Waals surface area (Å²) in [6.07, 6.45) is 0.199. The fraction of sp³-hybridized carbons (Fsp3) is 0.364. The second-order valence-electron chi connectivity index (χ2n) is 3.25. The fourth-order valence-corrected chi connectivity index (χ4v) is 1.30. The van der Waals surface area contributed by atoms with Crippen LogP contribution in [0.4, 0.5) is 8.78 Å². The molecule has 5 heteroatoms. The van der Waals surface area contributed by atoms with Crippen LogP contribution in [0.1, 0.15) is 12.5 Å². The Bertz CT molecular complexity index is 357. The molecule has 0 saturated carbocycles. The number of halogens is 2. The minimum Gasteiger partial charge on any atom is -0.370 e. The molecule has 3 N–H and O–H groups in total. The zero-order valence-electron chi connectivity index (χ0n) is 9.13. The molecule has 3 nitrogen and oxygen atoms in total. The maximum Gasteiger partial charge on any atom is 0.188 e. The van der Waals surface area contributed by atoms with Crippen LogP contribution in [0, 0.1) is 11.6 Å². The van der Waals surface area contributed by atoms with Crippen LogP contribution >= 0.6 is 0 Å². The topological polar surface area (TPSA) is 50.4 Å². The van der Waals surface area contributed by atoms with Crippen molar-refractivity contribution < 1.29 is 8.78 Å². The summed E-state index contributed by atoms with van der Waals surface area (Å²) in [7, 11) is 0. The predicted molar refractivity (Wildman–Crippen MR) is 60.2 cm³/mol. The maximum atomic E-state index is 13.2. The van der Waals surface area contributed by atoms with E-state index >= 15 is 0 Å². The Morgan fingerprint density at radius 2 is 2.00 bits per heavy atom. The molecule has 0 aromatic heterocycles. The Labute approximate surface area is 93.4 Å². The molecule has 0 spiro atoms. The van der Waals surface area contributed by atoms with Crippen LogP contribution in [0.2, 0.25) is 0 Å². The van der Waals surface area contributed by atoms with E-state index in [2.05, 4.69) is 10.3 Å². The molecule has 1 aromatic rings. The van der Waals surface area contributed by atoms with E-state index in [0.29, 0.717) is 12.5 Å². The number of rotatable bonds is 4. The molecule has 0 atom stereocenters. The van der Waals surface area contributed by atoms with Crippen molar-refractivity contribution in [3.05, 3.63) is 35.4 Å². The van der Waals surface area contributed by atoms with Crippen molar-refractivity contribution in [1.82, 2.24) is 5.32 Å². The SMILES string of the molecule is CCNC(N)=NCCc1c(F)cccc1F. The van der Waals surface area contributed by atoms with Crippen LogP contribution < -0.4 is 11.1 Å². The van der Waals surface area contributed by atoms with Gasteiger partial charge in [0.05, 0.1) is 0 Å². The Kier molecular flexibility index (Phi) is 4.69. The van der Waals surface area contributed by atoms with Gasteiger partial charge < -0.3 is 11.1 Å². The first-order valence-corrected chi connectivity index (χ1v) is 5.11. The molecular formula is C11H15F2N3. The number of benzene rings is 1. The van der Waals surface area contributed by atoms with E-state index in [1.807, 2.05) is 6.92 Å². The zero-order chi connectivity index (χ0) is 12.0. The Hall–Kier alpha value is -1.65. The first kappa shape index (κ1) is 12.4. The van der Waals surface area contributed by atoms with Gasteiger partial charge in [-0.15, -0.1) is 0 Å². The number of guanidine groups is 1. The standard InChI is InChI=1S/C11H15F2N3/c1-2-15-11(14)16-7-6-8-9(12)4-3-5-10(8)13/h3-5H,2,6-7H2,1H3,(H3,14,15,16). The Morgan fingerprint density at radius 3 is 2.56 bits per heavy atom. The normalized spacial score (nSPS) is 11.6. The summed E-state index contributed by atoms with van der Waals surface area (Å²) in [4.78, 5) is 3.94. The van der Waals surface area contributed by atoms with Crippen molar-refractivity contribution in [1.29, 1.82) is 0 Å². The quantitative estimate of drug-likeness (QED) is 0.604. The summed E-state index contributed by atoms with van der Waals surface area (Å²) in [5, 5.41) is 2.80. The lowest BCUT2D eigenvalue weighted by molar-refractivity contribution is 0.555. The van der Waals surface area contributed by atoms with E-state index in [1.54, 1.807) is 0 Å². The molecule has 0 amide bonds. The van der Waals surface area contributed by atoms with Crippen LogP contribution in [0.3, 0.4) is 0 Å². The van der Waals surface area contributed by atoms with Crippen molar-refractivity contribution in [3.8, 4) is 0 Å². The lowest BCUT2D eigenvalue weighted by atomic mass is 10.1. The molecule has 0 unspecified atom stereocenters. The van der Waals surface area contributed by atoms with E-state index in [0.717, 1.165) is 0 Å². The highest BCUT2D eigenvalue weighted by Gasteiger charge is 2.06. The number of aliphatic imine (C=N–C) groups is 1. The van der Waals surface area contributed by atoms with Gasteiger partial charge in [0.15, 0.2) is 5.96 Å². The van der Waals surface area contributed by atoms with Gasteiger partial charge in [-0.2, -0.15) is 0 Å². The van der Waals surface area contributed by atoms with Crippen LogP contribution in [0.5, 0.6) is 0 Å². The minimum absolute atomic E-state index is 0.0514. The number of nitrogens with zero attached hydrogens (tertiary/aromatic N) is 1. The van der Waals surface area contributed by atoms with Gasteiger partial charge >= 0.3 is 0 Å². The molecule has 88 valence electrons. The highest BCUT2D eigenvalue weighted by Crippen LogP contribution is 2.12. The smallest absolute Gasteiger partial charge is 0.188 e. The van der Waals surface area contributed by atoms with Crippen LogP contribution in [0.25, 0.3) is 0 Å². The molecule has 0 bridgehead atoms. The molecule has 1 aromatic carbocycles. The van der Waals surface area contributed by atoms with Crippen molar-refractivity contribution in [2.45, 2.75) is 13.3 Å². The highest BCUT2D eigenvalue weighted by atomic mass is 19.1. The minimum atomic E-state index is -0.544. The third kappa shape index (κ3) is 3.49. The molecule has 0 radical (unpaired) electrons. The largest absolute Gasteiger partial charge is 0.370 e. The molecule has 0 heterocycles. The molecular weight excluding hydrogens is 212 g/mol. The number of hydrogen-bond acceptors (Lipinski definition) is 1. The molecule has 0 saturated heterocycles. The fourth-order valence-electron chi connectivity index (χ4n) is 1.30. The lowest BCUT2D eigenvalue weighted by Crippen LogP contribution is -2.31. The van der Waals surface area contributed by atoms with E-state index in [1.165, 1.54) is 18.2 Å². The van der Waals surface area contributed by atoms with E-state index in [4.69, 9.17) is 5.73 Å². The average Bonchev–Trinajstić information content (AvgIpc) is 2.23. The molecule has 0 aliphatic carbocycles. The number of nitrogens with two attached hydrogens (primary N) is 1. The van der Waals surface area contributed by atoms with Gasteiger partial charge in [-0.05, 0) is 25.5 Å². The van der Waals surface area contributed by atoms with E-state index in [9.17, 15) is 8.78 Å². The van der Waals surface area contributed by atoms with Crippen LogP contribution in [-0.2, 0) is 6.42 Å². The monoisotopic (exact) mass is 227 g/mol. The van der Waals surface area contributed by atoms with E-state index < -0.39 is 11.6 Å². The third-order valence-electron chi connectivity index (χ3n) is 2.06. The molecule has 16 heavy (non-hydrogen) atoms. The predicted octanol–water partition coefficient (Wildman–Crippen LogP) is 1.43. The summed E-state index contributed by atoms with van der Waals surface area (Å²) in [5.74, 6) is -0.798. The summed E-state index contributed by atoms with van der Waals surface area (Å²) < 4.78 is 26.4. The zero-order valence-corrected chi connectivity index (χ0v) is 9.13. The molecule has 0 aliphatic heterocycles. The number of nitrogens with one attached hydrogen (secondary N) is 1. The molecule has 0 fully saturated rings. The molecule has 0 aliphatic rings. The summed E-state index contributed by atoms with van der Waals surface area (Å²) in [6, 6.07) is 3.80. The van der Waals surface area contributed by atoms with Crippen molar-refractivity contribution in [2.75, 3.05) is 13.1 Å². The van der Waals surface area contributed by atoms with Crippen molar-refractivity contribution >= 4 is 5.96 Å². The van der Waals surface area contributed by atoms with Gasteiger partial charge in [0.1, 0.15) is 11.6 Å². The second kappa shape index (κ2) is 6.05. The van der Waals surface area contributed by atoms with Gasteiger partial charge in [0.25, 0.3) is 0 Å². The van der Waals surface area contributed by atoms with Gasteiger partial charge in [-0.1, -0.05) is 6.07 Å². The first-order chi connectivity index (χ1) is 7.65. The Balaban J connectivity index is 2.58. The Morgan fingerprint density at radius 1 is 1.38 bits per heavy atom. The van der Waals surface area contributed by atoms with Gasteiger partial charge in [-0.25, -0.2) is 8.78 Å². The van der Waals surface area contributed by atoms with Gasteiger partial charge in [0, 0.05) is 18.7 Å². The van der Waals surface area contributed by atoms with Gasteiger partial charge in [0.2, 0.25) is 0 Å². The van der Waals surface area contributed by atoms with E-state index in [-0.39, 0.29) is 18.5 Å². The number of hydrogen-bond donors (Lipinski definition) is 2. The summed E-state index contributed by atoms with van der Waals surface area (Å²) in [6.45, 7) is 2.82. The van der Waals surface area contributed by atoms with Gasteiger partial charge in [-0.3, -0.25) is 4.99 Å². The van der Waals surface area contributed by atoms with Crippen LogP contribution in [-0.4, -0.2) is 19.0 Å². The average molecular weight is 227 g/mol.